The van der Waals surface area contributed by atoms with Gasteiger partial charge in [0, 0.05) is 6.42 Å². The molecule has 1 fully saturated rings. The van der Waals surface area contributed by atoms with E-state index in [4.69, 9.17) is 4.74 Å². The van der Waals surface area contributed by atoms with E-state index < -0.39 is 0 Å². The molecule has 2 nitrogen and oxygen atoms in total. The minimum absolute atomic E-state index is 0.201. The number of ketones is 1. The summed E-state index contributed by atoms with van der Waals surface area (Å²) >= 11 is 0. The maximum Gasteiger partial charge on any atom is 0.134 e. The summed E-state index contributed by atoms with van der Waals surface area (Å²) in [7, 11) is 0. The number of carbonyl (C=O) groups is 1. The van der Waals surface area contributed by atoms with Crippen LogP contribution < -0.4 is 4.74 Å². The topological polar surface area (TPSA) is 26.3 Å². The van der Waals surface area contributed by atoms with Crippen LogP contribution in [0.15, 0.2) is 24.3 Å². The maximum absolute atomic E-state index is 11.0. The zero-order valence-corrected chi connectivity index (χ0v) is 12.0. The zero-order valence-electron chi connectivity index (χ0n) is 12.0. The number of carbonyl (C=O) groups excluding carboxylic acids is 1. The van der Waals surface area contributed by atoms with Crippen LogP contribution in [0.3, 0.4) is 0 Å². The van der Waals surface area contributed by atoms with Crippen molar-refractivity contribution in [2.45, 2.75) is 58.5 Å². The third kappa shape index (κ3) is 4.38. The highest BCUT2D eigenvalue weighted by atomic mass is 16.5. The summed E-state index contributed by atoms with van der Waals surface area (Å²) in [6, 6.07) is 7.97. The molecule has 0 bridgehead atoms. The van der Waals surface area contributed by atoms with E-state index in [1.165, 1.54) is 32.1 Å². The highest BCUT2D eigenvalue weighted by molar-refractivity contribution is 5.78. The third-order valence-corrected chi connectivity index (χ3v) is 4.05. The van der Waals surface area contributed by atoms with Gasteiger partial charge in [0.25, 0.3) is 0 Å². The average molecular weight is 260 g/mol. The molecule has 19 heavy (non-hydrogen) atoms. The first-order valence-corrected chi connectivity index (χ1v) is 7.42. The van der Waals surface area contributed by atoms with Crippen molar-refractivity contribution in [2.24, 2.45) is 5.92 Å². The van der Waals surface area contributed by atoms with Crippen molar-refractivity contribution in [3.63, 3.8) is 0 Å². The van der Waals surface area contributed by atoms with Gasteiger partial charge in [0.05, 0.1) is 6.10 Å². The molecule has 0 saturated heterocycles. The van der Waals surface area contributed by atoms with E-state index in [9.17, 15) is 4.79 Å². The molecule has 0 spiro atoms. The standard InChI is InChI=1S/C17H24O2/c1-3-14-4-8-16(9-5-14)19-17-10-6-15(7-11-17)12-13(2)18/h6-7,10-11,14,16H,3-5,8-9,12H2,1-2H3. The molecule has 1 aliphatic rings. The fraction of sp³-hybridized carbons (Fsp3) is 0.588. The quantitative estimate of drug-likeness (QED) is 0.794. The van der Waals surface area contributed by atoms with Gasteiger partial charge in [0.1, 0.15) is 11.5 Å². The third-order valence-electron chi connectivity index (χ3n) is 4.05. The molecule has 1 saturated carbocycles. The van der Waals surface area contributed by atoms with E-state index in [2.05, 4.69) is 6.92 Å². The van der Waals surface area contributed by atoms with Gasteiger partial charge in [-0.25, -0.2) is 0 Å². The summed E-state index contributed by atoms with van der Waals surface area (Å²) in [6.45, 7) is 3.90. The van der Waals surface area contributed by atoms with E-state index in [0.717, 1.165) is 17.2 Å². The van der Waals surface area contributed by atoms with Crippen LogP contribution in [0.4, 0.5) is 0 Å². The predicted octanol–water partition coefficient (Wildman–Crippen LogP) is 4.17. The largest absolute Gasteiger partial charge is 0.490 e. The van der Waals surface area contributed by atoms with Crippen molar-refractivity contribution in [1.29, 1.82) is 0 Å². The number of Topliss-reactive ketones (excluding diaryl/α,β-unsaturated/α-hetero) is 1. The van der Waals surface area contributed by atoms with E-state index in [-0.39, 0.29) is 5.78 Å². The normalized spacial score (nSPS) is 23.1. The highest BCUT2D eigenvalue weighted by Gasteiger charge is 2.21. The summed E-state index contributed by atoms with van der Waals surface area (Å²) < 4.78 is 6.02. The molecule has 2 heteroatoms. The fourth-order valence-electron chi connectivity index (χ4n) is 2.82. The highest BCUT2D eigenvalue weighted by Crippen LogP contribution is 2.29. The second-order valence-electron chi connectivity index (χ2n) is 5.69. The van der Waals surface area contributed by atoms with Crippen molar-refractivity contribution in [3.05, 3.63) is 29.8 Å². The lowest BCUT2D eigenvalue weighted by atomic mass is 9.86. The molecule has 104 valence electrons. The lowest BCUT2D eigenvalue weighted by Crippen LogP contribution is -2.23. The summed E-state index contributed by atoms with van der Waals surface area (Å²) in [6.07, 6.45) is 7.13. The average Bonchev–Trinajstić information content (AvgIpc) is 2.41. The second-order valence-corrected chi connectivity index (χ2v) is 5.69. The summed E-state index contributed by atoms with van der Waals surface area (Å²) in [5.41, 5.74) is 1.06. The Bertz CT molecular complexity index is 400. The van der Waals surface area contributed by atoms with Crippen molar-refractivity contribution < 1.29 is 9.53 Å². The lowest BCUT2D eigenvalue weighted by molar-refractivity contribution is -0.116. The molecule has 0 amide bonds. The second kappa shape index (κ2) is 6.74. The Morgan fingerprint density at radius 1 is 1.16 bits per heavy atom. The smallest absolute Gasteiger partial charge is 0.134 e. The van der Waals surface area contributed by atoms with Crippen molar-refractivity contribution >= 4 is 5.78 Å². The number of hydrogen-bond donors (Lipinski definition) is 0. The summed E-state index contributed by atoms with van der Waals surface area (Å²) in [4.78, 5) is 11.0. The van der Waals surface area contributed by atoms with E-state index >= 15 is 0 Å². The van der Waals surface area contributed by atoms with E-state index in [1.807, 2.05) is 24.3 Å². The molecule has 0 unspecified atom stereocenters. The minimum Gasteiger partial charge on any atom is -0.490 e. The van der Waals surface area contributed by atoms with Gasteiger partial charge in [-0.15, -0.1) is 0 Å². The SMILES string of the molecule is CCC1CCC(Oc2ccc(CC(C)=O)cc2)CC1. The van der Waals surface area contributed by atoms with E-state index in [0.29, 0.717) is 12.5 Å². The first-order valence-electron chi connectivity index (χ1n) is 7.42. The molecule has 1 aliphatic carbocycles. The molecule has 1 aromatic carbocycles. The number of rotatable bonds is 5. The van der Waals surface area contributed by atoms with Crippen LogP contribution in [-0.4, -0.2) is 11.9 Å². The van der Waals surface area contributed by atoms with Crippen LogP contribution in [0.5, 0.6) is 5.75 Å². The molecule has 1 aromatic rings. The van der Waals surface area contributed by atoms with Crippen LogP contribution in [-0.2, 0) is 11.2 Å². The summed E-state index contributed by atoms with van der Waals surface area (Å²) in [5, 5.41) is 0. The maximum atomic E-state index is 11.0. The van der Waals surface area contributed by atoms with Crippen molar-refractivity contribution in [3.8, 4) is 5.75 Å². The number of hydrogen-bond acceptors (Lipinski definition) is 2. The number of benzene rings is 1. The van der Waals surface area contributed by atoms with Crippen LogP contribution in [0.1, 0.15) is 51.5 Å². The zero-order chi connectivity index (χ0) is 13.7. The van der Waals surface area contributed by atoms with Gasteiger partial charge in [-0.3, -0.25) is 4.79 Å². The van der Waals surface area contributed by atoms with Crippen LogP contribution >= 0.6 is 0 Å². The predicted molar refractivity (Wildman–Crippen MR) is 77.5 cm³/mol. The Kier molecular flexibility index (Phi) is 5.00. The van der Waals surface area contributed by atoms with Gasteiger partial charge in [0.2, 0.25) is 0 Å². The van der Waals surface area contributed by atoms with Crippen LogP contribution in [0.25, 0.3) is 0 Å². The van der Waals surface area contributed by atoms with Gasteiger partial charge < -0.3 is 4.74 Å². The Morgan fingerprint density at radius 2 is 1.79 bits per heavy atom. The van der Waals surface area contributed by atoms with Crippen molar-refractivity contribution in [2.75, 3.05) is 0 Å². The molecule has 0 N–H and O–H groups in total. The minimum atomic E-state index is 0.201. The molecule has 2 rings (SSSR count). The van der Waals surface area contributed by atoms with Gasteiger partial charge >= 0.3 is 0 Å². The molecule has 0 aliphatic heterocycles. The van der Waals surface area contributed by atoms with Gasteiger partial charge in [-0.1, -0.05) is 25.5 Å². The molecule has 0 aromatic heterocycles. The van der Waals surface area contributed by atoms with Crippen LogP contribution in [0.2, 0.25) is 0 Å². The Labute approximate surface area is 116 Å². The van der Waals surface area contributed by atoms with Gasteiger partial charge in [-0.2, -0.15) is 0 Å². The Hall–Kier alpha value is -1.31. The lowest BCUT2D eigenvalue weighted by Gasteiger charge is -2.28. The van der Waals surface area contributed by atoms with Gasteiger partial charge in [0.15, 0.2) is 0 Å². The van der Waals surface area contributed by atoms with Crippen LogP contribution in [0, 0.1) is 5.92 Å². The molecular formula is C17H24O2. The molecule has 0 heterocycles. The van der Waals surface area contributed by atoms with Gasteiger partial charge in [-0.05, 0) is 56.2 Å². The fourth-order valence-corrected chi connectivity index (χ4v) is 2.82. The summed E-state index contributed by atoms with van der Waals surface area (Å²) in [5.74, 6) is 2.04. The first kappa shape index (κ1) is 14.1. The molecule has 0 atom stereocenters. The monoisotopic (exact) mass is 260 g/mol. The first-order chi connectivity index (χ1) is 9.17. The van der Waals surface area contributed by atoms with Crippen molar-refractivity contribution in [1.82, 2.24) is 0 Å². The number of ether oxygens (including phenoxy) is 1. The molecular weight excluding hydrogens is 236 g/mol. The Morgan fingerprint density at radius 3 is 2.32 bits per heavy atom. The molecule has 0 radical (unpaired) electrons. The Balaban J connectivity index is 1.84. The van der Waals surface area contributed by atoms with E-state index in [1.54, 1.807) is 6.92 Å².